The standard InChI is InChI=1S/C27H32FN3O4S3/c1-3-5-15-30(16-6-4-2)23-13-7-20(8-14-23)19-24-26(33)31(27(36)37-24)17-18-38(34,35)29-25(32)21-9-11-22(28)12-10-21/h7-14,19H,3-6,15-18H2,1-2H3,(H,29,32). The fourth-order valence-corrected chi connectivity index (χ4v) is 5.99. The first-order chi connectivity index (χ1) is 18.1. The summed E-state index contributed by atoms with van der Waals surface area (Å²) in [7, 11) is -4.06. The Hall–Kier alpha value is -2.76. The average Bonchev–Trinajstić information content (AvgIpc) is 3.15. The Morgan fingerprint density at radius 1 is 1.05 bits per heavy atom. The van der Waals surface area contributed by atoms with E-state index in [-0.39, 0.29) is 22.3 Å². The Morgan fingerprint density at radius 3 is 2.24 bits per heavy atom. The molecule has 0 saturated carbocycles. The van der Waals surface area contributed by atoms with Crippen LogP contribution in [0.2, 0.25) is 0 Å². The maximum absolute atomic E-state index is 13.0. The van der Waals surface area contributed by atoms with Crippen molar-refractivity contribution in [3.05, 3.63) is 70.4 Å². The van der Waals surface area contributed by atoms with Gasteiger partial charge in [-0.2, -0.15) is 0 Å². The number of hydrogen-bond acceptors (Lipinski definition) is 7. The molecular formula is C27H32FN3O4S3. The van der Waals surface area contributed by atoms with E-state index in [4.69, 9.17) is 12.2 Å². The van der Waals surface area contributed by atoms with Gasteiger partial charge in [0.25, 0.3) is 11.8 Å². The molecule has 1 aliphatic rings. The summed E-state index contributed by atoms with van der Waals surface area (Å²) in [5.74, 6) is -2.30. The van der Waals surface area contributed by atoms with Crippen LogP contribution in [0.3, 0.4) is 0 Å². The minimum absolute atomic E-state index is 0.00777. The van der Waals surface area contributed by atoms with Crippen LogP contribution in [0, 0.1) is 5.82 Å². The largest absolute Gasteiger partial charge is 0.372 e. The zero-order valence-electron chi connectivity index (χ0n) is 21.5. The van der Waals surface area contributed by atoms with Crippen molar-refractivity contribution in [1.29, 1.82) is 0 Å². The first kappa shape index (κ1) is 29.8. The normalized spacial score (nSPS) is 14.8. The molecule has 2 aromatic rings. The van der Waals surface area contributed by atoms with Crippen molar-refractivity contribution in [2.24, 2.45) is 0 Å². The van der Waals surface area contributed by atoms with Crippen LogP contribution in [0.15, 0.2) is 53.4 Å². The maximum Gasteiger partial charge on any atom is 0.266 e. The maximum atomic E-state index is 13.0. The van der Waals surface area contributed by atoms with E-state index in [9.17, 15) is 22.4 Å². The van der Waals surface area contributed by atoms with Crippen LogP contribution in [-0.4, -0.2) is 54.8 Å². The predicted octanol–water partition coefficient (Wildman–Crippen LogP) is 5.19. The zero-order valence-corrected chi connectivity index (χ0v) is 23.9. The number of thioether (sulfide) groups is 1. The van der Waals surface area contributed by atoms with Gasteiger partial charge in [-0.3, -0.25) is 14.5 Å². The van der Waals surface area contributed by atoms with Crippen LogP contribution in [-0.2, 0) is 14.8 Å². The van der Waals surface area contributed by atoms with Gasteiger partial charge in [-0.15, -0.1) is 0 Å². The average molecular weight is 578 g/mol. The highest BCUT2D eigenvalue weighted by atomic mass is 32.2. The molecule has 1 heterocycles. The number of sulfonamides is 1. The second-order valence-corrected chi connectivity index (χ2v) is 12.4. The van der Waals surface area contributed by atoms with Crippen LogP contribution in [0.4, 0.5) is 10.1 Å². The number of nitrogens with one attached hydrogen (secondary N) is 1. The molecule has 0 atom stereocenters. The second kappa shape index (κ2) is 13.9. The molecule has 0 bridgehead atoms. The van der Waals surface area contributed by atoms with Gasteiger partial charge in [-0.05, 0) is 60.9 Å². The number of amides is 2. The van der Waals surface area contributed by atoms with E-state index < -0.39 is 27.5 Å². The van der Waals surface area contributed by atoms with Gasteiger partial charge in [0.05, 0.1) is 10.7 Å². The van der Waals surface area contributed by atoms with Gasteiger partial charge in [-0.1, -0.05) is 62.8 Å². The van der Waals surface area contributed by atoms with Gasteiger partial charge >= 0.3 is 0 Å². The summed E-state index contributed by atoms with van der Waals surface area (Å²) < 4.78 is 40.1. The van der Waals surface area contributed by atoms with Gasteiger partial charge < -0.3 is 4.90 Å². The van der Waals surface area contributed by atoms with Crippen molar-refractivity contribution in [1.82, 2.24) is 9.62 Å². The molecule has 1 N–H and O–H groups in total. The number of rotatable bonds is 13. The zero-order chi connectivity index (χ0) is 27.7. The fourth-order valence-electron chi connectivity index (χ4n) is 3.76. The number of carbonyl (C=O) groups is 2. The van der Waals surface area contributed by atoms with E-state index in [1.54, 1.807) is 6.08 Å². The van der Waals surface area contributed by atoms with Gasteiger partial charge in [0.2, 0.25) is 10.0 Å². The first-order valence-electron chi connectivity index (χ1n) is 12.5. The highest BCUT2D eigenvalue weighted by Crippen LogP contribution is 2.32. The number of benzene rings is 2. The highest BCUT2D eigenvalue weighted by Gasteiger charge is 2.33. The molecular weight excluding hydrogens is 546 g/mol. The van der Waals surface area contributed by atoms with Crippen molar-refractivity contribution >= 4 is 61.9 Å². The van der Waals surface area contributed by atoms with Crippen LogP contribution in [0.25, 0.3) is 6.08 Å². The topological polar surface area (TPSA) is 86.8 Å². The monoisotopic (exact) mass is 577 g/mol. The highest BCUT2D eigenvalue weighted by molar-refractivity contribution is 8.26. The van der Waals surface area contributed by atoms with Crippen LogP contribution >= 0.6 is 24.0 Å². The number of carbonyl (C=O) groups excluding carboxylic acids is 2. The molecule has 7 nitrogen and oxygen atoms in total. The minimum Gasteiger partial charge on any atom is -0.372 e. The van der Waals surface area contributed by atoms with Crippen molar-refractivity contribution in [2.45, 2.75) is 39.5 Å². The van der Waals surface area contributed by atoms with Crippen molar-refractivity contribution in [3.8, 4) is 0 Å². The number of anilines is 1. The minimum atomic E-state index is -4.06. The molecule has 1 aliphatic heterocycles. The number of thiocarbonyl (C=S) groups is 1. The lowest BCUT2D eigenvalue weighted by Crippen LogP contribution is -2.39. The summed E-state index contributed by atoms with van der Waals surface area (Å²) in [5.41, 5.74) is 2.00. The molecule has 2 aromatic carbocycles. The molecule has 38 heavy (non-hydrogen) atoms. The third-order valence-electron chi connectivity index (χ3n) is 5.93. The summed E-state index contributed by atoms with van der Waals surface area (Å²) in [6.07, 6.45) is 6.25. The predicted molar refractivity (Wildman–Crippen MR) is 156 cm³/mol. The number of hydrogen-bond donors (Lipinski definition) is 1. The molecule has 204 valence electrons. The Bertz CT molecular complexity index is 1270. The van der Waals surface area contributed by atoms with Gasteiger partial charge in [0, 0.05) is 30.9 Å². The molecule has 0 radical (unpaired) electrons. The second-order valence-electron chi connectivity index (χ2n) is 8.88. The Balaban J connectivity index is 1.62. The lowest BCUT2D eigenvalue weighted by Gasteiger charge is -2.24. The lowest BCUT2D eigenvalue weighted by molar-refractivity contribution is -0.121. The molecule has 1 saturated heterocycles. The quantitative estimate of drug-likeness (QED) is 0.259. The molecule has 0 unspecified atom stereocenters. The van der Waals surface area contributed by atoms with Crippen LogP contribution in [0.1, 0.15) is 55.5 Å². The smallest absolute Gasteiger partial charge is 0.266 e. The van der Waals surface area contributed by atoms with Gasteiger partial charge in [0.15, 0.2) is 0 Å². The molecule has 0 spiro atoms. The van der Waals surface area contributed by atoms with Crippen molar-refractivity contribution < 1.29 is 22.4 Å². The van der Waals surface area contributed by atoms with E-state index in [0.29, 0.717) is 4.91 Å². The van der Waals surface area contributed by atoms with E-state index in [0.717, 1.165) is 73.9 Å². The Kier molecular flexibility index (Phi) is 10.9. The third kappa shape index (κ3) is 8.37. The van der Waals surface area contributed by atoms with E-state index >= 15 is 0 Å². The van der Waals surface area contributed by atoms with Crippen LogP contribution in [0.5, 0.6) is 0 Å². The van der Waals surface area contributed by atoms with E-state index in [1.165, 1.54) is 17.0 Å². The Morgan fingerprint density at radius 2 is 1.66 bits per heavy atom. The van der Waals surface area contributed by atoms with Gasteiger partial charge in [-0.25, -0.2) is 17.5 Å². The SMILES string of the molecule is CCCCN(CCCC)c1ccc(C=C2SC(=S)N(CCS(=O)(=O)NC(=O)c3ccc(F)cc3)C2=O)cc1. The number of unbranched alkanes of at least 4 members (excludes halogenated alkanes) is 2. The van der Waals surface area contributed by atoms with Crippen LogP contribution < -0.4 is 9.62 Å². The number of nitrogens with zero attached hydrogens (tertiary/aromatic N) is 2. The summed E-state index contributed by atoms with van der Waals surface area (Å²) >= 11 is 6.43. The summed E-state index contributed by atoms with van der Waals surface area (Å²) in [6, 6.07) is 12.5. The summed E-state index contributed by atoms with van der Waals surface area (Å²) in [5, 5.41) is 0. The fraction of sp³-hybridized carbons (Fsp3) is 0.370. The van der Waals surface area contributed by atoms with Crippen molar-refractivity contribution in [3.63, 3.8) is 0 Å². The molecule has 0 aliphatic carbocycles. The Labute approximate surface area is 233 Å². The molecule has 11 heteroatoms. The third-order valence-corrected chi connectivity index (χ3v) is 8.53. The summed E-state index contributed by atoms with van der Waals surface area (Å²) in [6.45, 7) is 6.16. The molecule has 3 rings (SSSR count). The lowest BCUT2D eigenvalue weighted by atomic mass is 10.1. The van der Waals surface area contributed by atoms with Crippen molar-refractivity contribution in [2.75, 3.05) is 30.3 Å². The van der Waals surface area contributed by atoms with Gasteiger partial charge in [0.1, 0.15) is 10.1 Å². The molecule has 2 amide bonds. The summed E-state index contributed by atoms with van der Waals surface area (Å²) in [4.78, 5) is 29.1. The van der Waals surface area contributed by atoms with E-state index in [2.05, 4.69) is 18.7 Å². The molecule has 0 aromatic heterocycles. The number of halogens is 1. The molecule has 1 fully saturated rings. The first-order valence-corrected chi connectivity index (χ1v) is 15.4. The van der Waals surface area contributed by atoms with E-state index in [1.807, 2.05) is 29.0 Å².